The number of thioether (sulfide) groups is 1. The maximum Gasteiger partial charge on any atom is 0.239 e. The third-order valence-corrected chi connectivity index (χ3v) is 7.52. The Kier molecular flexibility index (Phi) is 8.30. The van der Waals surface area contributed by atoms with Gasteiger partial charge in [0.2, 0.25) is 15.7 Å². The number of carbonyl (C=O) groups excluding carboxylic acids is 1. The van der Waals surface area contributed by atoms with Crippen molar-refractivity contribution in [1.82, 2.24) is 5.32 Å². The molecule has 0 saturated carbocycles. The molecule has 0 saturated heterocycles. The highest BCUT2D eigenvalue weighted by atomic mass is 32.2. The van der Waals surface area contributed by atoms with Gasteiger partial charge < -0.3 is 10.6 Å². The van der Waals surface area contributed by atoms with E-state index in [1.165, 1.54) is 23.8 Å². The molecule has 0 aliphatic rings. The molecule has 3 aromatic rings. The number of carbonyl (C=O) groups is 1. The fourth-order valence-electron chi connectivity index (χ4n) is 2.97. The van der Waals surface area contributed by atoms with E-state index < -0.39 is 15.7 Å². The van der Waals surface area contributed by atoms with Crippen LogP contribution < -0.4 is 10.6 Å². The fraction of sp³-hybridized carbons (Fsp3) is 0.208. The van der Waals surface area contributed by atoms with Crippen LogP contribution >= 0.6 is 11.8 Å². The Morgan fingerprint density at radius 2 is 1.72 bits per heavy atom. The van der Waals surface area contributed by atoms with E-state index >= 15 is 0 Å². The molecular weight excluding hydrogens is 447 g/mol. The summed E-state index contributed by atoms with van der Waals surface area (Å²) in [5, 5.41) is 5.63. The molecule has 0 fully saturated rings. The molecule has 32 heavy (non-hydrogen) atoms. The van der Waals surface area contributed by atoms with Gasteiger partial charge in [-0.25, -0.2) is 12.8 Å². The van der Waals surface area contributed by atoms with Crippen LogP contribution in [0.4, 0.5) is 10.1 Å². The maximum atomic E-state index is 13.8. The number of benzene rings is 3. The van der Waals surface area contributed by atoms with Gasteiger partial charge in [0.1, 0.15) is 5.82 Å². The number of aryl methyl sites for hydroxylation is 1. The Morgan fingerprint density at radius 1 is 1.00 bits per heavy atom. The minimum absolute atomic E-state index is 0.0663. The van der Waals surface area contributed by atoms with Gasteiger partial charge in [-0.15, -0.1) is 0 Å². The van der Waals surface area contributed by atoms with Gasteiger partial charge in [-0.2, -0.15) is 11.8 Å². The first-order valence-corrected chi connectivity index (χ1v) is 12.7. The predicted octanol–water partition coefficient (Wildman–Crippen LogP) is 4.43. The molecule has 3 aromatic carbocycles. The number of halogens is 1. The van der Waals surface area contributed by atoms with Crippen molar-refractivity contribution in [1.29, 1.82) is 0 Å². The van der Waals surface area contributed by atoms with Crippen LogP contribution in [-0.2, 0) is 20.4 Å². The monoisotopic (exact) mass is 472 g/mol. The zero-order chi connectivity index (χ0) is 23.0. The summed E-state index contributed by atoms with van der Waals surface area (Å²) in [5.41, 5.74) is 2.32. The Balaban J connectivity index is 1.56. The molecule has 2 N–H and O–H groups in total. The predicted molar refractivity (Wildman–Crippen MR) is 127 cm³/mol. The van der Waals surface area contributed by atoms with Crippen LogP contribution in [-0.4, -0.2) is 33.2 Å². The lowest BCUT2D eigenvalue weighted by molar-refractivity contribution is -0.119. The van der Waals surface area contributed by atoms with E-state index in [0.717, 1.165) is 29.2 Å². The second kappa shape index (κ2) is 11.2. The number of hydrogen-bond donors (Lipinski definition) is 2. The van der Waals surface area contributed by atoms with Crippen molar-refractivity contribution in [3.63, 3.8) is 0 Å². The zero-order valence-electron chi connectivity index (χ0n) is 17.7. The minimum atomic E-state index is -3.94. The standard InChI is InChI=1S/C24H25FN2O3S2/c1-18-7-10-21(11-8-18)32(29,30)23-15-20(25)9-12-22(23)27-16-24(28)26-13-14-31-17-19-5-3-2-4-6-19/h2-12,15,27H,13-14,16-17H2,1H3,(H,26,28). The van der Waals surface area contributed by atoms with E-state index in [9.17, 15) is 17.6 Å². The number of sulfone groups is 1. The van der Waals surface area contributed by atoms with Crippen molar-refractivity contribution in [3.05, 3.63) is 89.7 Å². The molecule has 5 nitrogen and oxygen atoms in total. The first-order valence-electron chi connectivity index (χ1n) is 10.1. The molecule has 0 heterocycles. The van der Waals surface area contributed by atoms with E-state index in [0.29, 0.717) is 6.54 Å². The van der Waals surface area contributed by atoms with E-state index in [4.69, 9.17) is 0 Å². The second-order valence-corrected chi connectivity index (χ2v) is 10.2. The number of rotatable bonds is 10. The summed E-state index contributed by atoms with van der Waals surface area (Å²) in [6.07, 6.45) is 0. The molecule has 0 atom stereocenters. The second-order valence-electron chi connectivity index (χ2n) is 7.20. The molecule has 0 radical (unpaired) electrons. The normalized spacial score (nSPS) is 11.2. The molecule has 0 unspecified atom stereocenters. The number of nitrogens with one attached hydrogen (secondary N) is 2. The fourth-order valence-corrected chi connectivity index (χ4v) is 5.24. The van der Waals surface area contributed by atoms with Gasteiger partial charge in [-0.05, 0) is 42.8 Å². The Morgan fingerprint density at radius 3 is 2.44 bits per heavy atom. The highest BCUT2D eigenvalue weighted by Gasteiger charge is 2.22. The SMILES string of the molecule is Cc1ccc(S(=O)(=O)c2cc(F)ccc2NCC(=O)NCCSCc2ccccc2)cc1. The first-order chi connectivity index (χ1) is 15.4. The lowest BCUT2D eigenvalue weighted by Crippen LogP contribution is -2.31. The summed E-state index contributed by atoms with van der Waals surface area (Å²) in [4.78, 5) is 12.0. The van der Waals surface area contributed by atoms with Crippen molar-refractivity contribution >= 4 is 33.2 Å². The maximum absolute atomic E-state index is 13.8. The van der Waals surface area contributed by atoms with Crippen molar-refractivity contribution in [2.24, 2.45) is 0 Å². The summed E-state index contributed by atoms with van der Waals surface area (Å²) in [5.74, 6) is 0.684. The number of amides is 1. The van der Waals surface area contributed by atoms with Crippen LogP contribution in [0.15, 0.2) is 82.6 Å². The summed E-state index contributed by atoms with van der Waals surface area (Å²) in [6.45, 7) is 2.23. The van der Waals surface area contributed by atoms with Crippen LogP contribution in [0.25, 0.3) is 0 Å². The molecule has 0 aliphatic carbocycles. The lowest BCUT2D eigenvalue weighted by atomic mass is 10.2. The van der Waals surface area contributed by atoms with Crippen molar-refractivity contribution in [3.8, 4) is 0 Å². The Hall–Kier alpha value is -2.84. The topological polar surface area (TPSA) is 75.3 Å². The Bertz CT molecular complexity index is 1150. The van der Waals surface area contributed by atoms with Gasteiger partial charge in [-0.1, -0.05) is 48.0 Å². The molecule has 0 bridgehead atoms. The van der Waals surface area contributed by atoms with Gasteiger partial charge in [0.15, 0.2) is 0 Å². The summed E-state index contributed by atoms with van der Waals surface area (Å²) < 4.78 is 39.9. The van der Waals surface area contributed by atoms with E-state index in [1.54, 1.807) is 23.9 Å². The molecule has 3 rings (SSSR count). The van der Waals surface area contributed by atoms with Crippen LogP contribution in [0.5, 0.6) is 0 Å². The van der Waals surface area contributed by atoms with E-state index in [2.05, 4.69) is 22.8 Å². The molecule has 168 valence electrons. The van der Waals surface area contributed by atoms with Gasteiger partial charge in [-0.3, -0.25) is 4.79 Å². The van der Waals surface area contributed by atoms with Gasteiger partial charge in [0, 0.05) is 18.1 Å². The minimum Gasteiger partial charge on any atom is -0.375 e. The smallest absolute Gasteiger partial charge is 0.239 e. The molecule has 0 aromatic heterocycles. The van der Waals surface area contributed by atoms with Crippen LogP contribution in [0, 0.1) is 12.7 Å². The highest BCUT2D eigenvalue weighted by Crippen LogP contribution is 2.28. The summed E-state index contributed by atoms with van der Waals surface area (Å²) >= 11 is 1.71. The van der Waals surface area contributed by atoms with E-state index in [-0.39, 0.29) is 27.9 Å². The number of hydrogen-bond acceptors (Lipinski definition) is 5. The molecule has 1 amide bonds. The molecule has 0 aliphatic heterocycles. The quantitative estimate of drug-likeness (QED) is 0.427. The lowest BCUT2D eigenvalue weighted by Gasteiger charge is -2.13. The molecule has 8 heteroatoms. The first kappa shape index (κ1) is 23.8. The van der Waals surface area contributed by atoms with Crippen molar-refractivity contribution in [2.75, 3.05) is 24.2 Å². The van der Waals surface area contributed by atoms with Gasteiger partial charge >= 0.3 is 0 Å². The van der Waals surface area contributed by atoms with Crippen LogP contribution in [0.1, 0.15) is 11.1 Å². The number of anilines is 1. The summed E-state index contributed by atoms with van der Waals surface area (Å²) in [6, 6.07) is 19.9. The van der Waals surface area contributed by atoms with Crippen LogP contribution in [0.3, 0.4) is 0 Å². The largest absolute Gasteiger partial charge is 0.375 e. The zero-order valence-corrected chi connectivity index (χ0v) is 19.3. The summed E-state index contributed by atoms with van der Waals surface area (Å²) in [7, 11) is -3.94. The van der Waals surface area contributed by atoms with Crippen LogP contribution in [0.2, 0.25) is 0 Å². The Labute approximate surface area is 192 Å². The molecular formula is C24H25FN2O3S2. The van der Waals surface area contributed by atoms with Gasteiger partial charge in [0.05, 0.1) is 22.0 Å². The van der Waals surface area contributed by atoms with Crippen molar-refractivity contribution < 1.29 is 17.6 Å². The van der Waals surface area contributed by atoms with Gasteiger partial charge in [0.25, 0.3) is 0 Å². The average molecular weight is 473 g/mol. The van der Waals surface area contributed by atoms with Crippen molar-refractivity contribution in [2.45, 2.75) is 22.5 Å². The highest BCUT2D eigenvalue weighted by molar-refractivity contribution is 7.98. The average Bonchev–Trinajstić information content (AvgIpc) is 2.79. The van der Waals surface area contributed by atoms with E-state index in [1.807, 2.05) is 25.1 Å². The molecule has 0 spiro atoms. The third kappa shape index (κ3) is 6.58. The third-order valence-electron chi connectivity index (χ3n) is 4.68.